The number of halogens is 4. The maximum Gasteiger partial charge on any atom is 0.419 e. The Morgan fingerprint density at radius 3 is 2.67 bits per heavy atom. The second-order valence-electron chi connectivity index (χ2n) is 10.7. The van der Waals surface area contributed by atoms with E-state index in [-0.39, 0.29) is 36.5 Å². The standard InChI is InChI=1S/C27H32BrF3N6O5/c1-26(2,3)42-25(39)37-9-5-6-15(14-37)34-23-33-13-18(27(29,30)31)21(36-23)17-12-32-22-16(17)7-8-19(20(22)28)35-24(38)41-11-10-40-4/h7-8,12-13,15,32H,5-6,9-11,14H2,1-4H3,(H,35,38)(H,33,34,36)/t15-/m0/s1. The monoisotopic (exact) mass is 656 g/mol. The van der Waals surface area contributed by atoms with Gasteiger partial charge in [0.25, 0.3) is 0 Å². The lowest BCUT2D eigenvalue weighted by Gasteiger charge is -2.34. The van der Waals surface area contributed by atoms with Crippen molar-refractivity contribution in [2.24, 2.45) is 0 Å². The number of piperidine rings is 1. The van der Waals surface area contributed by atoms with Gasteiger partial charge in [0.05, 0.1) is 28.0 Å². The number of fused-ring (bicyclic) bond motifs is 1. The van der Waals surface area contributed by atoms with E-state index >= 15 is 0 Å². The summed E-state index contributed by atoms with van der Waals surface area (Å²) in [5.41, 5.74) is -0.989. The number of hydrogen-bond donors (Lipinski definition) is 3. The van der Waals surface area contributed by atoms with Gasteiger partial charge < -0.3 is 29.4 Å². The molecule has 15 heteroatoms. The van der Waals surface area contributed by atoms with Crippen molar-refractivity contribution in [3.63, 3.8) is 0 Å². The lowest BCUT2D eigenvalue weighted by atomic mass is 10.0. The third kappa shape index (κ3) is 7.62. The predicted molar refractivity (Wildman–Crippen MR) is 153 cm³/mol. The first-order chi connectivity index (χ1) is 19.8. The second-order valence-corrected chi connectivity index (χ2v) is 11.5. The molecule has 1 aromatic carbocycles. The Bertz CT molecular complexity index is 1440. The highest BCUT2D eigenvalue weighted by molar-refractivity contribution is 9.10. The number of methoxy groups -OCH3 is 1. The van der Waals surface area contributed by atoms with Gasteiger partial charge in [-0.3, -0.25) is 5.32 Å². The Kier molecular flexibility index (Phi) is 9.50. The van der Waals surface area contributed by atoms with Crippen molar-refractivity contribution in [2.45, 2.75) is 51.4 Å². The van der Waals surface area contributed by atoms with E-state index in [2.05, 4.69) is 41.5 Å². The van der Waals surface area contributed by atoms with Gasteiger partial charge in [-0.2, -0.15) is 13.2 Å². The molecule has 42 heavy (non-hydrogen) atoms. The Morgan fingerprint density at radius 2 is 1.98 bits per heavy atom. The van der Waals surface area contributed by atoms with Crippen molar-refractivity contribution >= 4 is 50.7 Å². The van der Waals surface area contributed by atoms with Gasteiger partial charge in [0.2, 0.25) is 5.95 Å². The van der Waals surface area contributed by atoms with Crippen LogP contribution < -0.4 is 10.6 Å². The molecule has 11 nitrogen and oxygen atoms in total. The molecule has 0 saturated carbocycles. The van der Waals surface area contributed by atoms with Gasteiger partial charge in [-0.05, 0) is 55.6 Å². The number of aromatic amines is 1. The molecule has 0 radical (unpaired) electrons. The molecule has 1 aliphatic rings. The number of hydrogen-bond acceptors (Lipinski definition) is 8. The SMILES string of the molecule is COCCOC(=O)Nc1ccc2c(-c3nc(N[C@H]4CCCN(C(=O)OC(C)(C)C)C4)ncc3C(F)(F)F)c[nH]c2c1Br. The number of anilines is 2. The number of nitrogens with zero attached hydrogens (tertiary/aromatic N) is 3. The van der Waals surface area contributed by atoms with Crippen molar-refractivity contribution in [3.05, 3.63) is 34.6 Å². The topological polar surface area (TPSA) is 131 Å². The zero-order valence-corrected chi connectivity index (χ0v) is 25.1. The summed E-state index contributed by atoms with van der Waals surface area (Å²) in [5, 5.41) is 6.11. The zero-order valence-electron chi connectivity index (χ0n) is 23.5. The molecular weight excluding hydrogens is 625 g/mol. The summed E-state index contributed by atoms with van der Waals surface area (Å²) < 4.78 is 58.0. The first-order valence-electron chi connectivity index (χ1n) is 13.2. The van der Waals surface area contributed by atoms with Gasteiger partial charge in [-0.25, -0.2) is 19.6 Å². The largest absolute Gasteiger partial charge is 0.447 e. The van der Waals surface area contributed by atoms with E-state index in [0.29, 0.717) is 47.0 Å². The minimum atomic E-state index is -4.72. The Morgan fingerprint density at radius 1 is 1.21 bits per heavy atom. The van der Waals surface area contributed by atoms with Crippen LogP contribution in [-0.2, 0) is 20.4 Å². The average molecular weight is 657 g/mol. The van der Waals surface area contributed by atoms with Crippen LogP contribution in [0.15, 0.2) is 29.0 Å². The van der Waals surface area contributed by atoms with Crippen LogP contribution in [0.2, 0.25) is 0 Å². The highest BCUT2D eigenvalue weighted by Crippen LogP contribution is 2.41. The minimum absolute atomic E-state index is 0.000421. The number of aromatic nitrogens is 3. The predicted octanol–water partition coefficient (Wildman–Crippen LogP) is 6.41. The molecule has 1 saturated heterocycles. The lowest BCUT2D eigenvalue weighted by molar-refractivity contribution is -0.137. The summed E-state index contributed by atoms with van der Waals surface area (Å²) in [6, 6.07) is 2.83. The van der Waals surface area contributed by atoms with Gasteiger partial charge in [0.15, 0.2) is 0 Å². The summed E-state index contributed by atoms with van der Waals surface area (Å²) >= 11 is 3.42. The van der Waals surface area contributed by atoms with Crippen molar-refractivity contribution < 1.29 is 37.0 Å². The quantitative estimate of drug-likeness (QED) is 0.249. The molecule has 0 spiro atoms. The summed E-state index contributed by atoms with van der Waals surface area (Å²) in [6.07, 6.45) is -2.37. The number of rotatable bonds is 7. The van der Waals surface area contributed by atoms with Crippen molar-refractivity contribution in [3.8, 4) is 11.3 Å². The number of nitrogens with one attached hydrogen (secondary N) is 3. The molecule has 4 rings (SSSR count). The molecule has 3 N–H and O–H groups in total. The van der Waals surface area contributed by atoms with Crippen molar-refractivity contribution in [2.75, 3.05) is 44.0 Å². The van der Waals surface area contributed by atoms with E-state index in [4.69, 9.17) is 14.2 Å². The summed E-state index contributed by atoms with van der Waals surface area (Å²) in [4.78, 5) is 37.4. The fourth-order valence-electron chi connectivity index (χ4n) is 4.45. The van der Waals surface area contributed by atoms with E-state index in [0.717, 1.165) is 6.20 Å². The van der Waals surface area contributed by atoms with Gasteiger partial charge >= 0.3 is 18.4 Å². The minimum Gasteiger partial charge on any atom is -0.447 e. The van der Waals surface area contributed by atoms with Crippen molar-refractivity contribution in [1.29, 1.82) is 0 Å². The normalized spacial score (nSPS) is 15.9. The van der Waals surface area contributed by atoms with Crippen LogP contribution in [0, 0.1) is 0 Å². The lowest BCUT2D eigenvalue weighted by Crippen LogP contribution is -2.47. The summed E-state index contributed by atoms with van der Waals surface area (Å²) in [5.74, 6) is -0.000421. The maximum atomic E-state index is 14.1. The van der Waals surface area contributed by atoms with E-state index in [1.54, 1.807) is 37.8 Å². The third-order valence-corrected chi connectivity index (χ3v) is 7.13. The molecule has 1 atom stereocenters. The Balaban J connectivity index is 1.60. The number of carbonyl (C=O) groups excluding carboxylic acids is 2. The van der Waals surface area contributed by atoms with E-state index in [1.165, 1.54) is 13.3 Å². The smallest absolute Gasteiger partial charge is 0.419 e. The molecule has 2 amide bonds. The molecule has 2 aromatic heterocycles. The van der Waals surface area contributed by atoms with E-state index < -0.39 is 29.5 Å². The van der Waals surface area contributed by atoms with Gasteiger partial charge in [-0.15, -0.1) is 0 Å². The number of H-pyrrole nitrogens is 1. The molecular formula is C27H32BrF3N6O5. The van der Waals surface area contributed by atoms with Crippen molar-refractivity contribution in [1.82, 2.24) is 19.9 Å². The molecule has 1 fully saturated rings. The molecule has 3 aromatic rings. The fraction of sp³-hybridized carbons (Fsp3) is 0.481. The number of likely N-dealkylation sites (tertiary alicyclic amines) is 1. The number of alkyl halides is 3. The second kappa shape index (κ2) is 12.7. The Labute approximate surface area is 248 Å². The van der Waals surface area contributed by atoms with Crippen LogP contribution in [0.3, 0.4) is 0 Å². The molecule has 0 aliphatic carbocycles. The first-order valence-corrected chi connectivity index (χ1v) is 14.0. The van der Waals surface area contributed by atoms with Gasteiger partial charge in [-0.1, -0.05) is 6.07 Å². The van der Waals surface area contributed by atoms with Gasteiger partial charge in [0, 0.05) is 49.6 Å². The van der Waals surface area contributed by atoms with Crippen LogP contribution in [0.4, 0.5) is 34.4 Å². The molecule has 1 aliphatic heterocycles. The number of amides is 2. The summed E-state index contributed by atoms with van der Waals surface area (Å²) in [7, 11) is 1.48. The van der Waals surface area contributed by atoms with Crippen LogP contribution in [-0.4, -0.2) is 77.1 Å². The third-order valence-electron chi connectivity index (χ3n) is 6.31. The number of carbonyl (C=O) groups is 2. The number of ether oxygens (including phenoxy) is 3. The maximum absolute atomic E-state index is 14.1. The van der Waals surface area contributed by atoms with Crippen LogP contribution in [0.5, 0.6) is 0 Å². The fourth-order valence-corrected chi connectivity index (χ4v) is 5.01. The summed E-state index contributed by atoms with van der Waals surface area (Å²) in [6.45, 7) is 6.42. The molecule has 228 valence electrons. The molecule has 0 bridgehead atoms. The van der Waals surface area contributed by atoms with Crippen LogP contribution in [0.25, 0.3) is 22.2 Å². The zero-order chi connectivity index (χ0) is 30.7. The first kappa shape index (κ1) is 31.3. The average Bonchev–Trinajstić information content (AvgIpc) is 3.34. The number of benzene rings is 1. The van der Waals surface area contributed by atoms with Crippen LogP contribution in [0.1, 0.15) is 39.2 Å². The Hall–Kier alpha value is -3.59. The molecule has 0 unspecified atom stereocenters. The highest BCUT2D eigenvalue weighted by atomic mass is 79.9. The highest BCUT2D eigenvalue weighted by Gasteiger charge is 2.36. The van der Waals surface area contributed by atoms with E-state index in [9.17, 15) is 22.8 Å². The molecule has 3 heterocycles. The van der Waals surface area contributed by atoms with Crippen LogP contribution >= 0.6 is 15.9 Å². The van der Waals surface area contributed by atoms with E-state index in [1.807, 2.05) is 0 Å². The van der Waals surface area contributed by atoms with Gasteiger partial charge in [0.1, 0.15) is 17.8 Å².